The maximum Gasteiger partial charge on any atom is 0.244 e. The second-order valence-electron chi connectivity index (χ2n) is 3.46. The van der Waals surface area contributed by atoms with E-state index in [0.29, 0.717) is 32.0 Å². The van der Waals surface area contributed by atoms with E-state index in [-0.39, 0.29) is 12.5 Å². The molecule has 1 aromatic rings. The van der Waals surface area contributed by atoms with Gasteiger partial charge in [-0.25, -0.2) is 0 Å². The molecule has 0 saturated carbocycles. The van der Waals surface area contributed by atoms with E-state index in [2.05, 4.69) is 5.10 Å². The van der Waals surface area contributed by atoms with Crippen LogP contribution >= 0.6 is 0 Å². The summed E-state index contributed by atoms with van der Waals surface area (Å²) in [6, 6.07) is 0. The highest BCUT2D eigenvalue weighted by molar-refractivity contribution is 5.76. The molecule has 6 heteroatoms. The van der Waals surface area contributed by atoms with Crippen LogP contribution in [-0.2, 0) is 16.1 Å². The fraction of sp³-hybridized carbons (Fsp3) is 0.556. The van der Waals surface area contributed by atoms with E-state index < -0.39 is 0 Å². The van der Waals surface area contributed by atoms with Crippen molar-refractivity contribution in [2.45, 2.75) is 6.54 Å². The Balaban J connectivity index is 1.91. The first-order valence-electron chi connectivity index (χ1n) is 4.89. The van der Waals surface area contributed by atoms with E-state index in [0.717, 1.165) is 0 Å². The lowest BCUT2D eigenvalue weighted by Crippen LogP contribution is -2.42. The molecule has 2 N–H and O–H groups in total. The molecule has 1 saturated heterocycles. The maximum absolute atomic E-state index is 11.7. The van der Waals surface area contributed by atoms with Crippen molar-refractivity contribution >= 4 is 11.6 Å². The number of morpholine rings is 1. The van der Waals surface area contributed by atoms with E-state index in [1.165, 1.54) is 6.20 Å². The average molecular weight is 210 g/mol. The lowest BCUT2D eigenvalue weighted by Gasteiger charge is -2.26. The van der Waals surface area contributed by atoms with Gasteiger partial charge >= 0.3 is 0 Å². The summed E-state index contributed by atoms with van der Waals surface area (Å²) in [5.74, 6) is 0.0569. The zero-order valence-electron chi connectivity index (χ0n) is 8.43. The molecule has 2 heterocycles. The predicted octanol–water partition coefficient (Wildman–Crippen LogP) is -0.676. The summed E-state index contributed by atoms with van der Waals surface area (Å²) in [4.78, 5) is 13.5. The van der Waals surface area contributed by atoms with Crippen LogP contribution in [0, 0.1) is 0 Å². The van der Waals surface area contributed by atoms with Gasteiger partial charge in [0.15, 0.2) is 0 Å². The summed E-state index contributed by atoms with van der Waals surface area (Å²) in [6.45, 7) is 2.81. The molecule has 2 rings (SSSR count). The van der Waals surface area contributed by atoms with Crippen LogP contribution in [0.15, 0.2) is 12.4 Å². The molecule has 0 atom stereocenters. The number of aromatic nitrogens is 2. The number of hydrogen-bond acceptors (Lipinski definition) is 4. The van der Waals surface area contributed by atoms with Crippen LogP contribution < -0.4 is 5.73 Å². The van der Waals surface area contributed by atoms with Crippen LogP contribution in [0.1, 0.15) is 0 Å². The number of nitrogens with zero attached hydrogens (tertiary/aromatic N) is 3. The van der Waals surface area contributed by atoms with Crippen molar-refractivity contribution in [3.8, 4) is 0 Å². The van der Waals surface area contributed by atoms with E-state index in [4.69, 9.17) is 10.5 Å². The Hall–Kier alpha value is -1.56. The lowest BCUT2D eigenvalue weighted by molar-refractivity contribution is -0.136. The molecule has 1 amide bonds. The predicted molar refractivity (Wildman–Crippen MR) is 54.0 cm³/mol. The van der Waals surface area contributed by atoms with Crippen LogP contribution in [0.3, 0.4) is 0 Å². The summed E-state index contributed by atoms with van der Waals surface area (Å²) < 4.78 is 6.72. The summed E-state index contributed by atoms with van der Waals surface area (Å²) >= 11 is 0. The molecule has 1 aliphatic heterocycles. The minimum absolute atomic E-state index is 0.0569. The van der Waals surface area contributed by atoms with Gasteiger partial charge < -0.3 is 15.4 Å². The largest absolute Gasteiger partial charge is 0.396 e. The normalized spacial score (nSPS) is 16.7. The molecular weight excluding hydrogens is 196 g/mol. The number of carbonyl (C=O) groups is 1. The van der Waals surface area contributed by atoms with Gasteiger partial charge in [0.2, 0.25) is 5.91 Å². The Morgan fingerprint density at radius 1 is 1.53 bits per heavy atom. The smallest absolute Gasteiger partial charge is 0.244 e. The third kappa shape index (κ3) is 2.47. The Kier molecular flexibility index (Phi) is 2.86. The molecule has 1 aliphatic rings. The molecule has 0 bridgehead atoms. The molecule has 0 radical (unpaired) electrons. The molecule has 6 nitrogen and oxygen atoms in total. The Labute approximate surface area is 87.6 Å². The quantitative estimate of drug-likeness (QED) is 0.702. The number of rotatable bonds is 2. The zero-order chi connectivity index (χ0) is 10.7. The van der Waals surface area contributed by atoms with Crippen molar-refractivity contribution < 1.29 is 9.53 Å². The SMILES string of the molecule is Nc1cnn(CC(=O)N2CCOCC2)c1. The van der Waals surface area contributed by atoms with Gasteiger partial charge in [-0.05, 0) is 0 Å². The minimum atomic E-state index is 0.0569. The van der Waals surface area contributed by atoms with Gasteiger partial charge in [0.05, 0.1) is 25.1 Å². The minimum Gasteiger partial charge on any atom is -0.396 e. The number of anilines is 1. The Morgan fingerprint density at radius 3 is 2.87 bits per heavy atom. The van der Waals surface area contributed by atoms with Crippen molar-refractivity contribution in [1.82, 2.24) is 14.7 Å². The topological polar surface area (TPSA) is 73.4 Å². The summed E-state index contributed by atoms with van der Waals surface area (Å²) in [5.41, 5.74) is 6.08. The second-order valence-corrected chi connectivity index (χ2v) is 3.46. The maximum atomic E-state index is 11.7. The van der Waals surface area contributed by atoms with Crippen molar-refractivity contribution in [1.29, 1.82) is 0 Å². The fourth-order valence-electron chi connectivity index (χ4n) is 1.52. The van der Waals surface area contributed by atoms with Crippen LogP contribution in [0.2, 0.25) is 0 Å². The molecule has 0 spiro atoms. The van der Waals surface area contributed by atoms with Crippen molar-refractivity contribution in [3.05, 3.63) is 12.4 Å². The molecule has 15 heavy (non-hydrogen) atoms. The highest BCUT2D eigenvalue weighted by Gasteiger charge is 2.16. The molecule has 0 unspecified atom stereocenters. The van der Waals surface area contributed by atoms with Crippen molar-refractivity contribution in [2.75, 3.05) is 32.0 Å². The van der Waals surface area contributed by atoms with Crippen LogP contribution in [-0.4, -0.2) is 46.9 Å². The number of ether oxygens (including phenoxy) is 1. The molecule has 1 fully saturated rings. The van der Waals surface area contributed by atoms with Gasteiger partial charge in [-0.15, -0.1) is 0 Å². The van der Waals surface area contributed by atoms with Crippen LogP contribution in [0.5, 0.6) is 0 Å². The lowest BCUT2D eigenvalue weighted by atomic mass is 10.4. The summed E-state index contributed by atoms with van der Waals surface area (Å²) in [5, 5.41) is 3.96. The first-order chi connectivity index (χ1) is 7.25. The fourth-order valence-corrected chi connectivity index (χ4v) is 1.52. The highest BCUT2D eigenvalue weighted by atomic mass is 16.5. The van der Waals surface area contributed by atoms with E-state index in [9.17, 15) is 4.79 Å². The van der Waals surface area contributed by atoms with E-state index >= 15 is 0 Å². The van der Waals surface area contributed by atoms with Gasteiger partial charge in [-0.2, -0.15) is 5.10 Å². The monoisotopic (exact) mass is 210 g/mol. The Morgan fingerprint density at radius 2 is 2.27 bits per heavy atom. The number of nitrogen functional groups attached to an aromatic ring is 1. The second kappa shape index (κ2) is 4.31. The average Bonchev–Trinajstić information content (AvgIpc) is 2.65. The van der Waals surface area contributed by atoms with Crippen molar-refractivity contribution in [3.63, 3.8) is 0 Å². The number of hydrogen-bond donors (Lipinski definition) is 1. The van der Waals surface area contributed by atoms with Crippen molar-refractivity contribution in [2.24, 2.45) is 0 Å². The molecular formula is C9H14N4O2. The highest BCUT2D eigenvalue weighted by Crippen LogP contribution is 2.01. The van der Waals surface area contributed by atoms with Crippen LogP contribution in [0.25, 0.3) is 0 Å². The summed E-state index contributed by atoms with van der Waals surface area (Å²) in [6.07, 6.45) is 3.19. The molecule has 1 aromatic heterocycles. The first-order valence-corrected chi connectivity index (χ1v) is 4.89. The van der Waals surface area contributed by atoms with Gasteiger partial charge in [-0.3, -0.25) is 9.48 Å². The van der Waals surface area contributed by atoms with Gasteiger partial charge in [-0.1, -0.05) is 0 Å². The third-order valence-corrected chi connectivity index (χ3v) is 2.31. The van der Waals surface area contributed by atoms with E-state index in [1.54, 1.807) is 15.8 Å². The first kappa shape index (κ1) is 9.97. The van der Waals surface area contributed by atoms with Crippen LogP contribution in [0.4, 0.5) is 5.69 Å². The Bertz CT molecular complexity index is 344. The number of amides is 1. The molecule has 0 aromatic carbocycles. The third-order valence-electron chi connectivity index (χ3n) is 2.31. The zero-order valence-corrected chi connectivity index (χ0v) is 8.43. The van der Waals surface area contributed by atoms with Gasteiger partial charge in [0.25, 0.3) is 0 Å². The number of nitrogens with two attached hydrogens (primary N) is 1. The van der Waals surface area contributed by atoms with Gasteiger partial charge in [0.1, 0.15) is 6.54 Å². The number of carbonyl (C=O) groups excluding carboxylic acids is 1. The standard InChI is InChI=1S/C9H14N4O2/c10-8-5-11-13(6-8)7-9(14)12-1-3-15-4-2-12/h5-6H,1-4,7,10H2. The summed E-state index contributed by atoms with van der Waals surface area (Å²) in [7, 11) is 0. The van der Waals surface area contributed by atoms with E-state index in [1.807, 2.05) is 0 Å². The molecule has 0 aliphatic carbocycles. The molecule has 82 valence electrons. The van der Waals surface area contributed by atoms with Gasteiger partial charge in [0, 0.05) is 19.3 Å².